The molecule has 0 aliphatic carbocycles. The van der Waals surface area contributed by atoms with Crippen molar-refractivity contribution in [1.82, 2.24) is 0 Å². The highest BCUT2D eigenvalue weighted by Crippen LogP contribution is 2.51. The van der Waals surface area contributed by atoms with Gasteiger partial charge in [0, 0.05) is 17.3 Å². The molecule has 2 aliphatic rings. The number of anilines is 2. The fraction of sp³-hybridized carbons (Fsp3) is 0.303. The van der Waals surface area contributed by atoms with E-state index < -0.39 is 33.0 Å². The van der Waals surface area contributed by atoms with E-state index in [4.69, 9.17) is 4.74 Å². The number of para-hydroxylation sites is 1. The normalized spacial score (nSPS) is 18.8. The van der Waals surface area contributed by atoms with Crippen LogP contribution in [0.3, 0.4) is 0 Å². The molecule has 2 heterocycles. The summed E-state index contributed by atoms with van der Waals surface area (Å²) in [5, 5.41) is 14.1. The maximum Gasteiger partial charge on any atom is 0.232 e. The van der Waals surface area contributed by atoms with Crippen LogP contribution in [-0.2, 0) is 21.1 Å². The van der Waals surface area contributed by atoms with Crippen LogP contribution < -0.4 is 15.0 Å². The lowest BCUT2D eigenvalue weighted by Gasteiger charge is -2.37. The van der Waals surface area contributed by atoms with Gasteiger partial charge in [0.2, 0.25) is 5.91 Å². The Morgan fingerprint density at radius 2 is 1.90 bits per heavy atom. The van der Waals surface area contributed by atoms with Crippen molar-refractivity contribution in [1.29, 1.82) is 0 Å². The van der Waals surface area contributed by atoms with Gasteiger partial charge in [-0.1, -0.05) is 50.8 Å². The zero-order chi connectivity index (χ0) is 30.4. The molecule has 2 aliphatic heterocycles. The Hall–Kier alpha value is -4.11. The summed E-state index contributed by atoms with van der Waals surface area (Å²) in [7, 11) is -4.01. The molecule has 7 nitrogen and oxygen atoms in total. The van der Waals surface area contributed by atoms with Gasteiger partial charge in [-0.05, 0) is 66.6 Å². The minimum absolute atomic E-state index is 0.00424. The molecule has 220 valence electrons. The number of ether oxygens (including phenoxy) is 1. The Bertz CT molecular complexity index is 1730. The third kappa shape index (κ3) is 5.66. The molecule has 5 rings (SSSR count). The van der Waals surface area contributed by atoms with Crippen LogP contribution in [0.5, 0.6) is 11.5 Å². The molecule has 3 aromatic rings. The molecule has 0 saturated heterocycles. The van der Waals surface area contributed by atoms with E-state index in [2.05, 4.69) is 11.9 Å². The average Bonchev–Trinajstić information content (AvgIpc) is 3.03. The standard InChI is InChI=1S/C33H35FN2O5S/c1-20(2)18-41-23-13-14-24(25(34)16-23)31-32-26(17-33(4,5)19-42(32,39)40)35-30-27(11-8-12-28(30)37)36(31)29(38)15-22-10-7-6-9-21(22)3/h6-14,16,31,35,37H,1,15,17-19H2,2-5H3/t31-/m1/s1. The lowest BCUT2D eigenvalue weighted by atomic mass is 9.88. The molecule has 0 bridgehead atoms. The molecule has 3 aromatic carbocycles. The smallest absolute Gasteiger partial charge is 0.232 e. The van der Waals surface area contributed by atoms with Crippen LogP contribution in [0.1, 0.15) is 49.9 Å². The highest BCUT2D eigenvalue weighted by Gasteiger charge is 2.47. The Labute approximate surface area is 246 Å². The first-order chi connectivity index (χ1) is 19.8. The quantitative estimate of drug-likeness (QED) is 0.248. The number of fused-ring (bicyclic) bond motifs is 1. The number of sulfone groups is 1. The fourth-order valence-corrected chi connectivity index (χ4v) is 8.10. The highest BCUT2D eigenvalue weighted by atomic mass is 32.2. The van der Waals surface area contributed by atoms with Crippen LogP contribution in [0, 0.1) is 18.2 Å². The molecule has 42 heavy (non-hydrogen) atoms. The van der Waals surface area contributed by atoms with Gasteiger partial charge < -0.3 is 15.2 Å². The summed E-state index contributed by atoms with van der Waals surface area (Å²) in [5.41, 5.74) is 2.54. The second-order valence-corrected chi connectivity index (χ2v) is 13.9. The monoisotopic (exact) mass is 590 g/mol. The average molecular weight is 591 g/mol. The molecule has 0 unspecified atom stereocenters. The molecule has 1 amide bonds. The SMILES string of the molecule is C=C(C)COc1ccc([C@@H]2C3=C(CC(C)(C)CS3(=O)=O)Nc3c(O)cccc3N2C(=O)Cc2ccccc2C)c(F)c1. The van der Waals surface area contributed by atoms with Gasteiger partial charge in [-0.2, -0.15) is 0 Å². The summed E-state index contributed by atoms with van der Waals surface area (Å²) >= 11 is 0. The summed E-state index contributed by atoms with van der Waals surface area (Å²) in [4.78, 5) is 15.6. The van der Waals surface area contributed by atoms with E-state index in [0.29, 0.717) is 12.1 Å². The van der Waals surface area contributed by atoms with E-state index >= 15 is 4.39 Å². The summed E-state index contributed by atoms with van der Waals surface area (Å²) in [5.74, 6) is -1.25. The number of aryl methyl sites for hydroxylation is 1. The number of nitrogens with zero attached hydrogens (tertiary/aromatic N) is 1. The Morgan fingerprint density at radius 3 is 2.60 bits per heavy atom. The van der Waals surface area contributed by atoms with Crippen LogP contribution in [0.25, 0.3) is 0 Å². The van der Waals surface area contributed by atoms with Crippen LogP contribution in [-0.4, -0.2) is 31.8 Å². The fourth-order valence-electron chi connectivity index (χ4n) is 5.74. The molecule has 0 saturated carbocycles. The molecular formula is C33H35FN2O5S. The molecule has 0 fully saturated rings. The van der Waals surface area contributed by atoms with Crippen LogP contribution in [0.4, 0.5) is 15.8 Å². The van der Waals surface area contributed by atoms with E-state index in [1.165, 1.54) is 23.1 Å². The van der Waals surface area contributed by atoms with E-state index in [0.717, 1.165) is 16.7 Å². The molecular weight excluding hydrogens is 555 g/mol. The van der Waals surface area contributed by atoms with Gasteiger partial charge in [0.25, 0.3) is 0 Å². The lowest BCUT2D eigenvalue weighted by molar-refractivity contribution is -0.118. The number of carbonyl (C=O) groups is 1. The third-order valence-electron chi connectivity index (χ3n) is 7.55. The van der Waals surface area contributed by atoms with Crippen molar-refractivity contribution >= 4 is 27.1 Å². The number of aromatic hydroxyl groups is 1. The Kier molecular flexibility index (Phi) is 7.66. The van der Waals surface area contributed by atoms with Gasteiger partial charge >= 0.3 is 0 Å². The number of phenolic OH excluding ortho intramolecular Hbond substituents is 1. The molecule has 2 N–H and O–H groups in total. The van der Waals surface area contributed by atoms with Crippen LogP contribution in [0.15, 0.2) is 83.4 Å². The largest absolute Gasteiger partial charge is 0.506 e. The number of phenols is 1. The zero-order valence-electron chi connectivity index (χ0n) is 24.2. The summed E-state index contributed by atoms with van der Waals surface area (Å²) in [6.07, 6.45) is 0.251. The third-order valence-corrected chi connectivity index (χ3v) is 9.86. The molecule has 9 heteroatoms. The van der Waals surface area contributed by atoms with Gasteiger partial charge in [0.15, 0.2) is 9.84 Å². The van der Waals surface area contributed by atoms with Gasteiger partial charge in [0.05, 0.1) is 22.8 Å². The minimum atomic E-state index is -4.01. The van der Waals surface area contributed by atoms with E-state index in [-0.39, 0.29) is 52.1 Å². The maximum atomic E-state index is 16.1. The summed E-state index contributed by atoms with van der Waals surface area (Å²) in [6, 6.07) is 15.0. The van der Waals surface area contributed by atoms with Crippen molar-refractivity contribution in [2.45, 2.75) is 46.6 Å². The number of amides is 1. The van der Waals surface area contributed by atoms with Crippen molar-refractivity contribution in [3.63, 3.8) is 0 Å². The number of hydrogen-bond donors (Lipinski definition) is 2. The van der Waals surface area contributed by atoms with E-state index in [1.807, 2.05) is 45.0 Å². The molecule has 0 aromatic heterocycles. The zero-order valence-corrected chi connectivity index (χ0v) is 25.0. The van der Waals surface area contributed by atoms with Gasteiger partial charge in [-0.3, -0.25) is 9.69 Å². The second-order valence-electron chi connectivity index (χ2n) is 11.9. The topological polar surface area (TPSA) is 95.9 Å². The van der Waals surface area contributed by atoms with Gasteiger partial charge in [-0.25, -0.2) is 12.8 Å². The number of hydrogen-bond acceptors (Lipinski definition) is 6. The Morgan fingerprint density at radius 1 is 1.17 bits per heavy atom. The number of carbonyl (C=O) groups excluding carboxylic acids is 1. The number of rotatable bonds is 6. The number of benzene rings is 3. The molecule has 0 spiro atoms. The number of nitrogens with one attached hydrogen (secondary N) is 1. The van der Waals surface area contributed by atoms with Crippen LogP contribution >= 0.6 is 0 Å². The molecule has 1 atom stereocenters. The van der Waals surface area contributed by atoms with Crippen molar-refractivity contribution in [2.24, 2.45) is 5.41 Å². The first kappa shape index (κ1) is 29.4. The Balaban J connectivity index is 1.77. The van der Waals surface area contributed by atoms with Crippen LogP contribution in [0.2, 0.25) is 0 Å². The minimum Gasteiger partial charge on any atom is -0.506 e. The van der Waals surface area contributed by atoms with Crippen molar-refractivity contribution in [2.75, 3.05) is 22.6 Å². The first-order valence-corrected chi connectivity index (χ1v) is 15.4. The first-order valence-electron chi connectivity index (χ1n) is 13.8. The predicted molar refractivity (Wildman–Crippen MR) is 163 cm³/mol. The predicted octanol–water partition coefficient (Wildman–Crippen LogP) is 6.59. The summed E-state index contributed by atoms with van der Waals surface area (Å²) in [6.45, 7) is 11.4. The lowest BCUT2D eigenvalue weighted by Crippen LogP contribution is -2.42. The van der Waals surface area contributed by atoms with Gasteiger partial charge in [-0.15, -0.1) is 0 Å². The number of allylic oxidation sites excluding steroid dienone is 1. The van der Waals surface area contributed by atoms with Crippen molar-refractivity contribution < 1.29 is 27.4 Å². The van der Waals surface area contributed by atoms with Crippen molar-refractivity contribution in [3.8, 4) is 11.5 Å². The van der Waals surface area contributed by atoms with Crippen molar-refractivity contribution in [3.05, 3.63) is 106 Å². The molecule has 0 radical (unpaired) electrons. The highest BCUT2D eigenvalue weighted by molar-refractivity contribution is 7.95. The van der Waals surface area contributed by atoms with E-state index in [1.54, 1.807) is 25.1 Å². The second kappa shape index (κ2) is 10.9. The number of halogens is 1. The maximum absolute atomic E-state index is 16.1. The van der Waals surface area contributed by atoms with E-state index in [9.17, 15) is 18.3 Å². The summed E-state index contributed by atoms with van der Waals surface area (Å²) < 4.78 is 49.9. The van der Waals surface area contributed by atoms with Gasteiger partial charge in [0.1, 0.15) is 35.7 Å².